The van der Waals surface area contributed by atoms with Crippen LogP contribution in [0, 0.1) is 5.41 Å². The Morgan fingerprint density at radius 3 is 2.19 bits per heavy atom. The summed E-state index contributed by atoms with van der Waals surface area (Å²) in [6.07, 6.45) is -4.65. The summed E-state index contributed by atoms with van der Waals surface area (Å²) in [5.41, 5.74) is 3.94. The first-order chi connectivity index (χ1) is 19.4. The molecule has 228 valence electrons. The molecule has 0 aromatic heterocycles. The van der Waals surface area contributed by atoms with Gasteiger partial charge in [0.25, 0.3) is 5.91 Å². The number of aryl methyl sites for hydroxylation is 1. The molecule has 13 heteroatoms. The van der Waals surface area contributed by atoms with Crippen molar-refractivity contribution >= 4 is 29.5 Å². The number of carboxylic acid groups (broad SMARTS) is 2. The van der Waals surface area contributed by atoms with E-state index in [1.165, 1.54) is 0 Å². The number of nitrogens with zero attached hydrogens (tertiary/aromatic N) is 1. The van der Waals surface area contributed by atoms with Gasteiger partial charge in [-0.1, -0.05) is 32.9 Å². The molecule has 42 heavy (non-hydrogen) atoms. The summed E-state index contributed by atoms with van der Waals surface area (Å²) >= 11 is 0. The molecular formula is C29H34F3N3O7. The van der Waals surface area contributed by atoms with E-state index in [4.69, 9.17) is 25.2 Å². The molecule has 0 unspecified atom stereocenters. The second-order valence-electron chi connectivity index (χ2n) is 10.5. The van der Waals surface area contributed by atoms with E-state index in [0.29, 0.717) is 42.0 Å². The Morgan fingerprint density at radius 2 is 1.69 bits per heavy atom. The first kappa shape index (κ1) is 33.8. The largest absolute Gasteiger partial charge is 0.493 e. The summed E-state index contributed by atoms with van der Waals surface area (Å²) < 4.78 is 37.4. The van der Waals surface area contributed by atoms with Crippen molar-refractivity contribution in [1.29, 1.82) is 5.41 Å². The molecule has 0 saturated heterocycles. The highest BCUT2D eigenvalue weighted by atomic mass is 19.4. The number of benzene rings is 2. The molecule has 0 radical (unpaired) electrons. The molecule has 1 aliphatic rings. The molecule has 1 amide bonds. The molecule has 0 atom stereocenters. The van der Waals surface area contributed by atoms with Crippen molar-refractivity contribution in [3.63, 3.8) is 0 Å². The minimum Gasteiger partial charge on any atom is -0.493 e. The number of aliphatic carboxylic acids is 2. The van der Waals surface area contributed by atoms with Gasteiger partial charge in [-0.25, -0.2) is 4.79 Å². The van der Waals surface area contributed by atoms with Crippen molar-refractivity contribution in [2.75, 3.05) is 20.2 Å². The van der Waals surface area contributed by atoms with E-state index in [0.717, 1.165) is 16.7 Å². The number of fused-ring (bicyclic) bond motifs is 1. The number of carbonyl (C=O) groups is 4. The molecule has 2 aromatic carbocycles. The number of Topliss-reactive ketones (excluding diaryl/α,β-unsaturated/α-hetero) is 1. The first-order valence-corrected chi connectivity index (χ1v) is 12.9. The molecule has 1 heterocycles. The van der Waals surface area contributed by atoms with Crippen molar-refractivity contribution < 1.29 is 47.3 Å². The molecule has 10 nitrogen and oxygen atoms in total. The highest BCUT2D eigenvalue weighted by molar-refractivity contribution is 6.07. The minimum atomic E-state index is -5.08. The van der Waals surface area contributed by atoms with Gasteiger partial charge in [0.15, 0.2) is 5.78 Å². The van der Waals surface area contributed by atoms with Gasteiger partial charge in [0, 0.05) is 31.1 Å². The van der Waals surface area contributed by atoms with Crippen molar-refractivity contribution in [2.24, 2.45) is 0 Å². The van der Waals surface area contributed by atoms with Crippen LogP contribution in [0.2, 0.25) is 0 Å². The maximum Gasteiger partial charge on any atom is 0.490 e. The SMILES string of the molecule is CCOc1cc2c(cc1C(=O)NC)C(=N)N(CC(=O)c1ccc(CCC(=O)O)c(C(C)(C)C)c1)C2.O=C(O)C(F)(F)F. The topological polar surface area (TPSA) is 157 Å². The predicted octanol–water partition coefficient (Wildman–Crippen LogP) is 4.42. The maximum atomic E-state index is 13.2. The third kappa shape index (κ3) is 8.54. The predicted molar refractivity (Wildman–Crippen MR) is 147 cm³/mol. The number of rotatable bonds is 9. The number of carboxylic acids is 2. The van der Waals surface area contributed by atoms with Crippen molar-refractivity contribution in [2.45, 2.75) is 58.7 Å². The monoisotopic (exact) mass is 593 g/mol. The van der Waals surface area contributed by atoms with Crippen molar-refractivity contribution in [3.8, 4) is 5.75 Å². The first-order valence-electron chi connectivity index (χ1n) is 12.9. The van der Waals surface area contributed by atoms with E-state index in [9.17, 15) is 27.6 Å². The lowest BCUT2D eigenvalue weighted by molar-refractivity contribution is -0.192. The van der Waals surface area contributed by atoms with Crippen LogP contribution < -0.4 is 10.1 Å². The van der Waals surface area contributed by atoms with Crippen LogP contribution in [-0.4, -0.2) is 71.0 Å². The normalized spacial score (nSPS) is 12.7. The lowest BCUT2D eigenvalue weighted by Crippen LogP contribution is -2.30. The third-order valence-corrected chi connectivity index (χ3v) is 6.33. The van der Waals surface area contributed by atoms with Gasteiger partial charge in [0.1, 0.15) is 11.6 Å². The average Bonchev–Trinajstić information content (AvgIpc) is 3.19. The molecule has 3 rings (SSSR count). The molecule has 2 aromatic rings. The molecule has 4 N–H and O–H groups in total. The number of carbonyl (C=O) groups excluding carboxylic acids is 2. The van der Waals surface area contributed by atoms with Crippen molar-refractivity contribution in [3.05, 3.63) is 63.7 Å². The Morgan fingerprint density at radius 1 is 1.07 bits per heavy atom. The van der Waals surface area contributed by atoms with E-state index < -0.39 is 18.1 Å². The number of nitrogens with one attached hydrogen (secondary N) is 2. The van der Waals surface area contributed by atoms with Crippen LogP contribution in [0.5, 0.6) is 5.75 Å². The number of alkyl halides is 3. The number of amidine groups is 1. The fourth-order valence-electron chi connectivity index (χ4n) is 4.32. The molecule has 0 spiro atoms. The fraction of sp³-hybridized carbons (Fsp3) is 0.414. The second-order valence-corrected chi connectivity index (χ2v) is 10.5. The highest BCUT2D eigenvalue weighted by Crippen LogP contribution is 2.32. The van der Waals surface area contributed by atoms with Gasteiger partial charge in [-0.2, -0.15) is 13.2 Å². The summed E-state index contributed by atoms with van der Waals surface area (Å²) in [5, 5.41) is 27.4. The summed E-state index contributed by atoms with van der Waals surface area (Å²) in [5.74, 6) is -3.39. The van der Waals surface area contributed by atoms with Crippen LogP contribution in [0.1, 0.15) is 77.1 Å². The molecule has 0 aliphatic carbocycles. The maximum absolute atomic E-state index is 13.2. The summed E-state index contributed by atoms with van der Waals surface area (Å²) in [6.45, 7) is 8.74. The van der Waals surface area contributed by atoms with E-state index in [1.807, 2.05) is 39.8 Å². The van der Waals surface area contributed by atoms with Gasteiger partial charge in [0.2, 0.25) is 0 Å². The van der Waals surface area contributed by atoms with Crippen LogP contribution in [0.15, 0.2) is 30.3 Å². The molecule has 1 aliphatic heterocycles. The lowest BCUT2D eigenvalue weighted by Gasteiger charge is -2.24. The smallest absolute Gasteiger partial charge is 0.490 e. The van der Waals surface area contributed by atoms with Crippen molar-refractivity contribution in [1.82, 2.24) is 10.2 Å². The van der Waals surface area contributed by atoms with E-state index >= 15 is 0 Å². The second kappa shape index (κ2) is 13.5. The van der Waals surface area contributed by atoms with Crippen LogP contribution in [0.3, 0.4) is 0 Å². The van der Waals surface area contributed by atoms with Gasteiger partial charge in [-0.15, -0.1) is 0 Å². The molecule has 0 bridgehead atoms. The van der Waals surface area contributed by atoms with E-state index in [2.05, 4.69) is 5.32 Å². The van der Waals surface area contributed by atoms with Crippen LogP contribution in [0.4, 0.5) is 13.2 Å². The Labute approximate surface area is 241 Å². The van der Waals surface area contributed by atoms with Gasteiger partial charge in [0.05, 0.1) is 18.7 Å². The molecule has 0 saturated carbocycles. The van der Waals surface area contributed by atoms with Gasteiger partial charge in [-0.3, -0.25) is 19.8 Å². The zero-order valence-corrected chi connectivity index (χ0v) is 23.9. The van der Waals surface area contributed by atoms with Gasteiger partial charge >= 0.3 is 18.1 Å². The summed E-state index contributed by atoms with van der Waals surface area (Å²) in [7, 11) is 1.54. The Hall–Kier alpha value is -4.42. The van der Waals surface area contributed by atoms with Crippen LogP contribution in [0.25, 0.3) is 0 Å². The zero-order chi connectivity index (χ0) is 32.0. The standard InChI is InChI=1S/C27H33N3O5.C2HF3O2/c1-6-35-23-12-18-14-30(25(28)19(18)13-20(23)26(34)29-5)15-22(31)17-8-7-16(9-10-24(32)33)21(11-17)27(2,3)4;3-2(4,5)1(6)7/h7-8,11-13,28H,6,9-10,14-15H2,1-5H3,(H,29,34)(H,32,33);(H,6,7). The average molecular weight is 594 g/mol. The zero-order valence-electron chi connectivity index (χ0n) is 23.9. The molecule has 0 fully saturated rings. The van der Waals surface area contributed by atoms with Crippen LogP contribution in [-0.2, 0) is 28.0 Å². The summed E-state index contributed by atoms with van der Waals surface area (Å²) in [4.78, 5) is 47.2. The minimum absolute atomic E-state index is 0.0187. The molecular weight excluding hydrogens is 559 g/mol. The lowest BCUT2D eigenvalue weighted by atomic mass is 9.81. The van der Waals surface area contributed by atoms with E-state index in [-0.39, 0.29) is 35.9 Å². The third-order valence-electron chi connectivity index (χ3n) is 6.33. The Kier molecular flexibility index (Phi) is 10.9. The number of hydrogen-bond acceptors (Lipinski definition) is 6. The van der Waals surface area contributed by atoms with Gasteiger partial charge in [-0.05, 0) is 53.6 Å². The number of ketones is 1. The fourth-order valence-corrected chi connectivity index (χ4v) is 4.32. The van der Waals surface area contributed by atoms with Crippen LogP contribution >= 0.6 is 0 Å². The number of ether oxygens (including phenoxy) is 1. The quantitative estimate of drug-likeness (QED) is 0.311. The number of amides is 1. The number of hydrogen-bond donors (Lipinski definition) is 4. The Bertz CT molecular complexity index is 1380. The van der Waals surface area contributed by atoms with Gasteiger partial charge < -0.3 is 25.2 Å². The Balaban J connectivity index is 0.000000782. The summed E-state index contributed by atoms with van der Waals surface area (Å²) in [6, 6.07) is 8.85. The van der Waals surface area contributed by atoms with E-state index in [1.54, 1.807) is 30.1 Å². The number of halogens is 3. The highest BCUT2D eigenvalue weighted by Gasteiger charge is 2.38.